The molecule has 0 atom stereocenters. The van der Waals surface area contributed by atoms with Crippen molar-refractivity contribution in [1.82, 2.24) is 9.80 Å². The first-order valence-electron chi connectivity index (χ1n) is 4.84. The van der Waals surface area contributed by atoms with Gasteiger partial charge in [-0.2, -0.15) is 5.26 Å². The first kappa shape index (κ1) is 10.5. The third-order valence-corrected chi connectivity index (χ3v) is 3.14. The highest BCUT2D eigenvalue weighted by atomic mass is 15.2. The van der Waals surface area contributed by atoms with Crippen LogP contribution in [0.5, 0.6) is 0 Å². The van der Waals surface area contributed by atoms with E-state index in [9.17, 15) is 0 Å². The van der Waals surface area contributed by atoms with Crippen molar-refractivity contribution in [3.05, 3.63) is 0 Å². The predicted octanol–water partition coefficient (Wildman–Crippen LogP) is 0.926. The lowest BCUT2D eigenvalue weighted by Gasteiger charge is -2.49. The van der Waals surface area contributed by atoms with Crippen LogP contribution in [0.3, 0.4) is 0 Å². The minimum Gasteiger partial charge on any atom is -0.302 e. The molecule has 0 aromatic heterocycles. The van der Waals surface area contributed by atoms with Gasteiger partial charge in [0.2, 0.25) is 0 Å². The molecule has 0 bridgehead atoms. The zero-order valence-electron chi connectivity index (χ0n) is 8.88. The molecule has 1 saturated carbocycles. The third kappa shape index (κ3) is 2.20. The van der Waals surface area contributed by atoms with Crippen LogP contribution < -0.4 is 0 Å². The summed E-state index contributed by atoms with van der Waals surface area (Å²) >= 11 is 0. The van der Waals surface area contributed by atoms with Crippen LogP contribution >= 0.6 is 0 Å². The molecule has 0 aliphatic heterocycles. The standard InChI is InChI=1S/C10H19N3/c1-12(2)10(5-4-6-10)9-13(3)8-7-11/h4-6,8-9H2,1-3H3. The molecular formula is C10H19N3. The van der Waals surface area contributed by atoms with Crippen LogP contribution in [0.1, 0.15) is 19.3 Å². The Labute approximate surface area is 80.9 Å². The molecule has 0 amide bonds. The summed E-state index contributed by atoms with van der Waals surface area (Å²) in [5.41, 5.74) is 0.353. The van der Waals surface area contributed by atoms with Crippen molar-refractivity contribution in [3.63, 3.8) is 0 Å². The average Bonchev–Trinajstić information content (AvgIpc) is 1.96. The summed E-state index contributed by atoms with van der Waals surface area (Å²) in [6.45, 7) is 1.56. The van der Waals surface area contributed by atoms with Crippen LogP contribution in [0.2, 0.25) is 0 Å². The van der Waals surface area contributed by atoms with Crippen molar-refractivity contribution >= 4 is 0 Å². The Bertz CT molecular complexity index is 201. The minimum absolute atomic E-state index is 0.353. The van der Waals surface area contributed by atoms with Gasteiger partial charge in [-0.25, -0.2) is 0 Å². The van der Waals surface area contributed by atoms with Gasteiger partial charge < -0.3 is 4.90 Å². The lowest BCUT2D eigenvalue weighted by molar-refractivity contribution is 0.0311. The summed E-state index contributed by atoms with van der Waals surface area (Å²) < 4.78 is 0. The van der Waals surface area contributed by atoms with Crippen molar-refractivity contribution in [2.24, 2.45) is 0 Å². The molecule has 74 valence electrons. The molecule has 13 heavy (non-hydrogen) atoms. The Balaban J connectivity index is 2.45. The predicted molar refractivity (Wildman–Crippen MR) is 53.4 cm³/mol. The van der Waals surface area contributed by atoms with Gasteiger partial charge in [-0.15, -0.1) is 0 Å². The fourth-order valence-corrected chi connectivity index (χ4v) is 2.01. The first-order valence-corrected chi connectivity index (χ1v) is 4.84. The fourth-order valence-electron chi connectivity index (χ4n) is 2.01. The van der Waals surface area contributed by atoms with E-state index in [-0.39, 0.29) is 0 Å². The van der Waals surface area contributed by atoms with E-state index in [0.717, 1.165) is 6.54 Å². The molecule has 0 unspecified atom stereocenters. The van der Waals surface area contributed by atoms with Crippen molar-refractivity contribution < 1.29 is 0 Å². The lowest BCUT2D eigenvalue weighted by Crippen LogP contribution is -2.56. The van der Waals surface area contributed by atoms with Gasteiger partial charge in [0.1, 0.15) is 0 Å². The van der Waals surface area contributed by atoms with E-state index in [4.69, 9.17) is 5.26 Å². The largest absolute Gasteiger partial charge is 0.302 e. The molecule has 0 spiro atoms. The molecular weight excluding hydrogens is 162 g/mol. The van der Waals surface area contributed by atoms with Gasteiger partial charge in [0, 0.05) is 12.1 Å². The SMILES string of the molecule is CN(CC#N)CC1(N(C)C)CCC1. The summed E-state index contributed by atoms with van der Waals surface area (Å²) in [4.78, 5) is 4.42. The van der Waals surface area contributed by atoms with Gasteiger partial charge >= 0.3 is 0 Å². The van der Waals surface area contributed by atoms with Crippen LogP contribution in [0.25, 0.3) is 0 Å². The highest BCUT2D eigenvalue weighted by Gasteiger charge is 2.39. The Morgan fingerprint density at radius 2 is 1.92 bits per heavy atom. The van der Waals surface area contributed by atoms with Gasteiger partial charge in [-0.1, -0.05) is 0 Å². The first-order chi connectivity index (χ1) is 6.10. The summed E-state index contributed by atoms with van der Waals surface area (Å²) in [7, 11) is 6.30. The van der Waals surface area contributed by atoms with Crippen LogP contribution in [-0.4, -0.2) is 49.6 Å². The zero-order valence-corrected chi connectivity index (χ0v) is 8.88. The summed E-state index contributed by atoms with van der Waals surface area (Å²) in [5, 5.41) is 8.56. The van der Waals surface area contributed by atoms with Gasteiger partial charge in [0.25, 0.3) is 0 Å². The summed E-state index contributed by atoms with van der Waals surface area (Å²) in [6, 6.07) is 2.18. The molecule has 1 aliphatic rings. The molecule has 0 aromatic rings. The Hall–Kier alpha value is -0.590. The number of nitriles is 1. The molecule has 3 heteroatoms. The quantitative estimate of drug-likeness (QED) is 0.604. The second-order valence-corrected chi connectivity index (χ2v) is 4.30. The second-order valence-electron chi connectivity index (χ2n) is 4.30. The summed E-state index contributed by atoms with van der Waals surface area (Å²) in [5.74, 6) is 0. The number of likely N-dealkylation sites (N-methyl/N-ethyl adjacent to an activating group) is 2. The van der Waals surface area contributed by atoms with Crippen molar-refractivity contribution in [3.8, 4) is 6.07 Å². The molecule has 1 fully saturated rings. The molecule has 1 rings (SSSR count). The molecule has 0 radical (unpaired) electrons. The average molecular weight is 181 g/mol. The Morgan fingerprint density at radius 1 is 1.31 bits per heavy atom. The Kier molecular flexibility index (Phi) is 3.29. The van der Waals surface area contributed by atoms with Crippen molar-refractivity contribution in [2.75, 3.05) is 34.2 Å². The van der Waals surface area contributed by atoms with E-state index < -0.39 is 0 Å². The maximum absolute atomic E-state index is 8.56. The minimum atomic E-state index is 0.353. The molecule has 1 aliphatic carbocycles. The molecule has 0 N–H and O–H groups in total. The van der Waals surface area contributed by atoms with Gasteiger partial charge in [-0.05, 0) is 40.4 Å². The molecule has 3 nitrogen and oxygen atoms in total. The smallest absolute Gasteiger partial charge is 0.0864 e. The topological polar surface area (TPSA) is 30.3 Å². The lowest BCUT2D eigenvalue weighted by atomic mass is 9.75. The zero-order chi connectivity index (χ0) is 9.90. The molecule has 0 aromatic carbocycles. The van der Waals surface area contributed by atoms with Crippen LogP contribution in [0.15, 0.2) is 0 Å². The van der Waals surface area contributed by atoms with E-state index >= 15 is 0 Å². The maximum Gasteiger partial charge on any atom is 0.0864 e. The van der Waals surface area contributed by atoms with Crippen molar-refractivity contribution in [1.29, 1.82) is 5.26 Å². The van der Waals surface area contributed by atoms with Gasteiger partial charge in [0.05, 0.1) is 12.6 Å². The van der Waals surface area contributed by atoms with Gasteiger partial charge in [-0.3, -0.25) is 4.90 Å². The highest BCUT2D eigenvalue weighted by molar-refractivity contribution is 4.98. The van der Waals surface area contributed by atoms with E-state index in [1.807, 2.05) is 7.05 Å². The Morgan fingerprint density at radius 3 is 2.23 bits per heavy atom. The number of hydrogen-bond donors (Lipinski definition) is 0. The van der Waals surface area contributed by atoms with Crippen LogP contribution in [0, 0.1) is 11.3 Å². The van der Waals surface area contributed by atoms with E-state index in [2.05, 4.69) is 30.0 Å². The van der Waals surface area contributed by atoms with E-state index in [1.165, 1.54) is 19.3 Å². The normalized spacial score (nSPS) is 20.0. The van der Waals surface area contributed by atoms with Crippen LogP contribution in [-0.2, 0) is 0 Å². The maximum atomic E-state index is 8.56. The van der Waals surface area contributed by atoms with Crippen LogP contribution in [0.4, 0.5) is 0 Å². The molecule has 0 saturated heterocycles. The van der Waals surface area contributed by atoms with E-state index in [1.54, 1.807) is 0 Å². The van der Waals surface area contributed by atoms with Crippen molar-refractivity contribution in [2.45, 2.75) is 24.8 Å². The highest BCUT2D eigenvalue weighted by Crippen LogP contribution is 2.36. The second kappa shape index (κ2) is 4.08. The molecule has 0 heterocycles. The van der Waals surface area contributed by atoms with E-state index in [0.29, 0.717) is 12.1 Å². The number of nitrogens with zero attached hydrogens (tertiary/aromatic N) is 3. The number of rotatable bonds is 4. The fraction of sp³-hybridized carbons (Fsp3) is 0.900. The van der Waals surface area contributed by atoms with Gasteiger partial charge in [0.15, 0.2) is 0 Å². The number of hydrogen-bond acceptors (Lipinski definition) is 3. The monoisotopic (exact) mass is 181 g/mol. The third-order valence-electron chi connectivity index (χ3n) is 3.14. The summed E-state index contributed by atoms with van der Waals surface area (Å²) in [6.07, 6.45) is 3.88.